The highest BCUT2D eigenvalue weighted by Crippen LogP contribution is 2.21. The molecule has 0 aromatic carbocycles. The Hall–Kier alpha value is -0.0800. The van der Waals surface area contributed by atoms with Gasteiger partial charge in [-0.05, 0) is 32.7 Å². The molecule has 0 saturated carbocycles. The molecule has 1 fully saturated rings. The minimum atomic E-state index is -0.187. The molecule has 0 bridgehead atoms. The minimum absolute atomic E-state index is 0.187. The summed E-state index contributed by atoms with van der Waals surface area (Å²) in [4.78, 5) is 2.31. The highest BCUT2D eigenvalue weighted by molar-refractivity contribution is 4.84. The Morgan fingerprint density at radius 3 is 2.92 bits per heavy atom. The molecule has 12 heavy (non-hydrogen) atoms. The number of nitrogens with zero attached hydrogens (tertiary/aromatic N) is 1. The Morgan fingerprint density at radius 2 is 2.33 bits per heavy atom. The standard InChI is InChI=1S/C10H20NO/c1-3-7-11-8-5-4-6-10(11)9(2)12/h7,9-10,12H,3-6,8H2,1-2H3. The second kappa shape index (κ2) is 4.83. The van der Waals surface area contributed by atoms with Gasteiger partial charge in [0.25, 0.3) is 0 Å². The van der Waals surface area contributed by atoms with Crippen LogP contribution in [0, 0.1) is 6.54 Å². The Morgan fingerprint density at radius 1 is 1.58 bits per heavy atom. The fourth-order valence-electron chi connectivity index (χ4n) is 1.96. The maximum absolute atomic E-state index is 9.51. The lowest BCUT2D eigenvalue weighted by molar-refractivity contribution is 0.0529. The van der Waals surface area contributed by atoms with E-state index < -0.39 is 0 Å². The molecule has 1 saturated heterocycles. The lowest BCUT2D eigenvalue weighted by Crippen LogP contribution is -2.43. The fourth-order valence-corrected chi connectivity index (χ4v) is 1.96. The first-order valence-electron chi connectivity index (χ1n) is 5.03. The van der Waals surface area contributed by atoms with E-state index in [1.807, 2.05) is 6.92 Å². The van der Waals surface area contributed by atoms with Crippen LogP contribution < -0.4 is 0 Å². The van der Waals surface area contributed by atoms with E-state index in [9.17, 15) is 5.11 Å². The lowest BCUT2D eigenvalue weighted by Gasteiger charge is -2.36. The number of rotatable bonds is 3. The average molecular weight is 170 g/mol. The van der Waals surface area contributed by atoms with E-state index in [2.05, 4.69) is 18.4 Å². The molecule has 0 aromatic rings. The predicted molar refractivity (Wildman–Crippen MR) is 50.6 cm³/mol. The molecule has 1 radical (unpaired) electrons. The summed E-state index contributed by atoms with van der Waals surface area (Å²) in [5, 5.41) is 9.51. The zero-order valence-corrected chi connectivity index (χ0v) is 8.16. The maximum atomic E-state index is 9.51. The van der Waals surface area contributed by atoms with Crippen LogP contribution in [0.15, 0.2) is 0 Å². The van der Waals surface area contributed by atoms with Gasteiger partial charge in [-0.25, -0.2) is 0 Å². The normalized spacial score (nSPS) is 28.8. The number of aliphatic hydroxyl groups is 1. The molecule has 71 valence electrons. The van der Waals surface area contributed by atoms with E-state index >= 15 is 0 Å². The van der Waals surface area contributed by atoms with Crippen LogP contribution in [0.2, 0.25) is 0 Å². The molecule has 2 unspecified atom stereocenters. The lowest BCUT2D eigenvalue weighted by atomic mass is 9.98. The van der Waals surface area contributed by atoms with Crippen LogP contribution in [0.4, 0.5) is 0 Å². The summed E-state index contributed by atoms with van der Waals surface area (Å²) in [5.74, 6) is 0. The Balaban J connectivity index is 2.42. The van der Waals surface area contributed by atoms with Gasteiger partial charge < -0.3 is 5.11 Å². The molecule has 1 aliphatic rings. The van der Waals surface area contributed by atoms with Crippen LogP contribution in [0.25, 0.3) is 0 Å². The van der Waals surface area contributed by atoms with Crippen LogP contribution >= 0.6 is 0 Å². The predicted octanol–water partition coefficient (Wildman–Crippen LogP) is 1.79. The average Bonchev–Trinajstić information content (AvgIpc) is 2.05. The molecule has 1 aliphatic heterocycles. The Kier molecular flexibility index (Phi) is 4.02. The molecule has 0 aromatic heterocycles. The Bertz CT molecular complexity index is 123. The largest absolute Gasteiger partial charge is 0.392 e. The van der Waals surface area contributed by atoms with E-state index in [-0.39, 0.29) is 6.10 Å². The maximum Gasteiger partial charge on any atom is 0.0667 e. The first-order chi connectivity index (χ1) is 5.75. The third-order valence-corrected chi connectivity index (χ3v) is 2.57. The monoisotopic (exact) mass is 170 g/mol. The van der Waals surface area contributed by atoms with Crippen LogP contribution in [0.5, 0.6) is 0 Å². The number of piperidine rings is 1. The van der Waals surface area contributed by atoms with Gasteiger partial charge in [0.05, 0.1) is 6.10 Å². The number of aliphatic hydroxyl groups excluding tert-OH is 1. The highest BCUT2D eigenvalue weighted by Gasteiger charge is 2.25. The zero-order valence-electron chi connectivity index (χ0n) is 8.16. The molecular formula is C10H20NO. The molecule has 1 rings (SSSR count). The summed E-state index contributed by atoms with van der Waals surface area (Å²) >= 11 is 0. The van der Waals surface area contributed by atoms with Gasteiger partial charge in [0, 0.05) is 12.6 Å². The minimum Gasteiger partial charge on any atom is -0.392 e. The van der Waals surface area contributed by atoms with Crippen molar-refractivity contribution in [1.82, 2.24) is 4.90 Å². The van der Waals surface area contributed by atoms with Gasteiger partial charge in [-0.3, -0.25) is 4.90 Å². The van der Waals surface area contributed by atoms with Crippen LogP contribution in [-0.4, -0.2) is 28.7 Å². The van der Waals surface area contributed by atoms with E-state index in [0.717, 1.165) is 19.4 Å². The van der Waals surface area contributed by atoms with Gasteiger partial charge in [-0.15, -0.1) is 0 Å². The van der Waals surface area contributed by atoms with Crippen molar-refractivity contribution in [1.29, 1.82) is 0 Å². The third kappa shape index (κ3) is 2.46. The zero-order chi connectivity index (χ0) is 8.97. The van der Waals surface area contributed by atoms with E-state index in [0.29, 0.717) is 6.04 Å². The molecule has 0 amide bonds. The SMILES string of the molecule is CC[CH]N1CCCCC1C(C)O. The van der Waals surface area contributed by atoms with Crippen molar-refractivity contribution in [2.75, 3.05) is 6.54 Å². The quantitative estimate of drug-likeness (QED) is 0.698. The molecule has 2 heteroatoms. The van der Waals surface area contributed by atoms with E-state index in [1.54, 1.807) is 0 Å². The van der Waals surface area contributed by atoms with Gasteiger partial charge in [-0.1, -0.05) is 13.3 Å². The van der Waals surface area contributed by atoms with Gasteiger partial charge in [-0.2, -0.15) is 0 Å². The van der Waals surface area contributed by atoms with Crippen LogP contribution in [-0.2, 0) is 0 Å². The number of likely N-dealkylation sites (tertiary alicyclic amines) is 1. The van der Waals surface area contributed by atoms with Crippen molar-refractivity contribution in [3.8, 4) is 0 Å². The summed E-state index contributed by atoms with van der Waals surface area (Å²) in [7, 11) is 0. The number of hydrogen-bond acceptors (Lipinski definition) is 2. The Labute approximate surface area is 75.6 Å². The first-order valence-corrected chi connectivity index (χ1v) is 5.03. The summed E-state index contributed by atoms with van der Waals surface area (Å²) in [5.41, 5.74) is 0. The second-order valence-electron chi connectivity index (χ2n) is 3.63. The third-order valence-electron chi connectivity index (χ3n) is 2.57. The molecule has 0 aliphatic carbocycles. The van der Waals surface area contributed by atoms with Crippen molar-refractivity contribution in [3.63, 3.8) is 0 Å². The fraction of sp³-hybridized carbons (Fsp3) is 0.900. The highest BCUT2D eigenvalue weighted by atomic mass is 16.3. The van der Waals surface area contributed by atoms with Crippen molar-refractivity contribution in [2.24, 2.45) is 0 Å². The van der Waals surface area contributed by atoms with Crippen LogP contribution in [0.3, 0.4) is 0 Å². The molecule has 1 N–H and O–H groups in total. The summed E-state index contributed by atoms with van der Waals surface area (Å²) in [6, 6.07) is 0.374. The van der Waals surface area contributed by atoms with Gasteiger partial charge in [0.2, 0.25) is 0 Å². The second-order valence-corrected chi connectivity index (χ2v) is 3.63. The molecule has 2 atom stereocenters. The van der Waals surface area contributed by atoms with Crippen LogP contribution in [0.1, 0.15) is 39.5 Å². The number of hydrogen-bond donors (Lipinski definition) is 1. The molecule has 1 heterocycles. The topological polar surface area (TPSA) is 23.5 Å². The van der Waals surface area contributed by atoms with Gasteiger partial charge in [0.15, 0.2) is 0 Å². The molecule has 0 spiro atoms. The first kappa shape index (κ1) is 10.0. The van der Waals surface area contributed by atoms with Crippen molar-refractivity contribution < 1.29 is 5.11 Å². The van der Waals surface area contributed by atoms with E-state index in [1.165, 1.54) is 12.8 Å². The van der Waals surface area contributed by atoms with E-state index in [4.69, 9.17) is 0 Å². The van der Waals surface area contributed by atoms with Crippen molar-refractivity contribution >= 4 is 0 Å². The summed E-state index contributed by atoms with van der Waals surface area (Å²) in [6.07, 6.45) is 4.58. The molecular weight excluding hydrogens is 150 g/mol. The smallest absolute Gasteiger partial charge is 0.0667 e. The summed E-state index contributed by atoms with van der Waals surface area (Å²) < 4.78 is 0. The van der Waals surface area contributed by atoms with Gasteiger partial charge in [0.1, 0.15) is 0 Å². The van der Waals surface area contributed by atoms with Crippen molar-refractivity contribution in [2.45, 2.75) is 51.7 Å². The summed E-state index contributed by atoms with van der Waals surface area (Å²) in [6.45, 7) is 7.39. The molecule has 2 nitrogen and oxygen atoms in total. The van der Waals surface area contributed by atoms with Crippen molar-refractivity contribution in [3.05, 3.63) is 6.54 Å². The van der Waals surface area contributed by atoms with Gasteiger partial charge >= 0.3 is 0 Å².